The van der Waals surface area contributed by atoms with E-state index in [9.17, 15) is 9.90 Å². The van der Waals surface area contributed by atoms with E-state index >= 15 is 0 Å². The number of aromatic hydroxyl groups is 1. The summed E-state index contributed by atoms with van der Waals surface area (Å²) in [6.07, 6.45) is 2.98. The van der Waals surface area contributed by atoms with Crippen molar-refractivity contribution < 1.29 is 9.90 Å². The highest BCUT2D eigenvalue weighted by Crippen LogP contribution is 2.21. The largest absolute Gasteiger partial charge is 0.507 e. The smallest absolute Gasteiger partial charge is 0.243 e. The van der Waals surface area contributed by atoms with Crippen molar-refractivity contribution >= 4 is 35.3 Å². The van der Waals surface area contributed by atoms with Gasteiger partial charge < -0.3 is 5.11 Å². The molecule has 0 spiro atoms. The first-order valence-electron chi connectivity index (χ1n) is 8.79. The number of likely N-dealkylation sites (tertiary alicyclic amines) is 1. The van der Waals surface area contributed by atoms with Gasteiger partial charge in [-0.15, -0.1) is 0 Å². The summed E-state index contributed by atoms with van der Waals surface area (Å²) in [6.45, 7) is 2.58. The summed E-state index contributed by atoms with van der Waals surface area (Å²) in [5, 5.41) is 14.9. The number of piperidine rings is 1. The molecule has 1 saturated heterocycles. The molecule has 0 bridgehead atoms. The minimum absolute atomic E-state index is 0.0587. The molecule has 1 heterocycles. The summed E-state index contributed by atoms with van der Waals surface area (Å²) in [7, 11) is 0. The summed E-state index contributed by atoms with van der Waals surface area (Å²) in [4.78, 5) is 14.6. The lowest BCUT2D eigenvalue weighted by Gasteiger charge is -2.30. The van der Waals surface area contributed by atoms with Gasteiger partial charge in [-0.1, -0.05) is 35.3 Å². The number of phenolic OH excluding ortho intramolecular Hbond substituents is 1. The fourth-order valence-corrected chi connectivity index (χ4v) is 3.39. The molecule has 142 valence electrons. The summed E-state index contributed by atoms with van der Waals surface area (Å²) < 4.78 is 0. The summed E-state index contributed by atoms with van der Waals surface area (Å²) >= 11 is 11.8. The molecule has 0 saturated carbocycles. The van der Waals surface area contributed by atoms with Crippen molar-refractivity contribution in [2.45, 2.75) is 19.4 Å². The molecule has 7 heteroatoms. The van der Waals surface area contributed by atoms with Crippen LogP contribution in [0.4, 0.5) is 0 Å². The number of carbonyl (C=O) groups is 1. The minimum Gasteiger partial charge on any atom is -0.507 e. The molecular weight excluding hydrogens is 385 g/mol. The molecule has 2 N–H and O–H groups in total. The average Bonchev–Trinajstić information content (AvgIpc) is 2.67. The topological polar surface area (TPSA) is 64.9 Å². The number of phenols is 1. The Morgan fingerprint density at radius 2 is 1.81 bits per heavy atom. The Morgan fingerprint density at radius 3 is 2.52 bits per heavy atom. The zero-order valence-electron chi connectivity index (χ0n) is 14.7. The predicted molar refractivity (Wildman–Crippen MR) is 108 cm³/mol. The first kappa shape index (κ1) is 19.7. The maximum atomic E-state index is 12.3. The van der Waals surface area contributed by atoms with Crippen LogP contribution in [0.25, 0.3) is 0 Å². The molecule has 3 rings (SSSR count). The first-order chi connectivity index (χ1) is 13.0. The van der Waals surface area contributed by atoms with Gasteiger partial charge in [0.1, 0.15) is 5.75 Å². The van der Waals surface area contributed by atoms with Crippen molar-refractivity contribution in [2.75, 3.05) is 13.1 Å². The van der Waals surface area contributed by atoms with Crippen molar-refractivity contribution in [3.05, 3.63) is 63.6 Å². The number of carbonyl (C=O) groups excluding carboxylic acids is 1. The molecule has 0 unspecified atom stereocenters. The van der Waals surface area contributed by atoms with Gasteiger partial charge in [-0.25, -0.2) is 5.43 Å². The number of halogens is 2. The van der Waals surface area contributed by atoms with E-state index < -0.39 is 0 Å². The molecule has 0 aliphatic carbocycles. The number of hydrazone groups is 1. The van der Waals surface area contributed by atoms with Gasteiger partial charge in [0.05, 0.1) is 6.21 Å². The lowest BCUT2D eigenvalue weighted by Crippen LogP contribution is -2.39. The molecular formula is C20H21Cl2N3O2. The Kier molecular flexibility index (Phi) is 6.72. The predicted octanol–water partition coefficient (Wildman–Crippen LogP) is 4.06. The highest BCUT2D eigenvalue weighted by molar-refractivity contribution is 6.31. The Hall–Kier alpha value is -2.08. The van der Waals surface area contributed by atoms with Crippen molar-refractivity contribution in [1.29, 1.82) is 0 Å². The Bertz CT molecular complexity index is 816. The monoisotopic (exact) mass is 405 g/mol. The molecule has 0 radical (unpaired) electrons. The van der Waals surface area contributed by atoms with Crippen LogP contribution in [0, 0.1) is 5.92 Å². The first-order valence-corrected chi connectivity index (χ1v) is 9.55. The molecule has 0 aromatic heterocycles. The third-order valence-corrected chi connectivity index (χ3v) is 5.13. The maximum absolute atomic E-state index is 12.3. The Balaban J connectivity index is 1.46. The minimum atomic E-state index is -0.0982. The van der Waals surface area contributed by atoms with E-state index in [4.69, 9.17) is 23.2 Å². The molecule has 0 atom stereocenters. The van der Waals surface area contributed by atoms with Crippen molar-refractivity contribution in [3.8, 4) is 5.75 Å². The Labute approximate surface area is 168 Å². The molecule has 5 nitrogen and oxygen atoms in total. The van der Waals surface area contributed by atoms with E-state index in [2.05, 4.69) is 15.4 Å². The van der Waals surface area contributed by atoms with Gasteiger partial charge >= 0.3 is 0 Å². The highest BCUT2D eigenvalue weighted by atomic mass is 35.5. The number of rotatable bonds is 5. The second-order valence-electron chi connectivity index (χ2n) is 6.61. The zero-order chi connectivity index (χ0) is 19.2. The number of benzene rings is 2. The number of nitrogens with zero attached hydrogens (tertiary/aromatic N) is 2. The van der Waals surface area contributed by atoms with Crippen molar-refractivity contribution in [1.82, 2.24) is 10.3 Å². The van der Waals surface area contributed by atoms with Crippen molar-refractivity contribution in [3.63, 3.8) is 0 Å². The molecule has 1 amide bonds. The Morgan fingerprint density at radius 1 is 1.15 bits per heavy atom. The zero-order valence-corrected chi connectivity index (χ0v) is 16.2. The van der Waals surface area contributed by atoms with Crippen LogP contribution in [-0.2, 0) is 11.3 Å². The van der Waals surface area contributed by atoms with E-state index in [0.717, 1.165) is 37.5 Å². The summed E-state index contributed by atoms with van der Waals surface area (Å²) in [6, 6.07) is 12.5. The van der Waals surface area contributed by atoms with Gasteiger partial charge in [0.2, 0.25) is 5.91 Å². The van der Waals surface area contributed by atoms with Crippen molar-refractivity contribution in [2.24, 2.45) is 11.0 Å². The van der Waals surface area contributed by atoms with Gasteiger partial charge in [0.25, 0.3) is 0 Å². The molecule has 1 fully saturated rings. The van der Waals surface area contributed by atoms with Crippen LogP contribution >= 0.6 is 23.2 Å². The standard InChI is InChI=1S/C20H21Cl2N3O2/c21-17-3-1-14(2-4-17)13-25-9-7-15(8-10-25)20(27)24-23-12-16-11-18(22)5-6-19(16)26/h1-6,11-12,15,26H,7-10,13H2,(H,24,27)/b23-12-. The molecule has 2 aromatic carbocycles. The molecule has 1 aliphatic rings. The van der Waals surface area contributed by atoms with Gasteiger partial charge in [-0.05, 0) is 61.8 Å². The van der Waals surface area contributed by atoms with E-state index in [1.54, 1.807) is 12.1 Å². The molecule has 2 aromatic rings. The number of amides is 1. The maximum Gasteiger partial charge on any atom is 0.243 e. The van der Waals surface area contributed by atoms with Gasteiger partial charge in [0.15, 0.2) is 0 Å². The summed E-state index contributed by atoms with van der Waals surface area (Å²) in [5.74, 6) is -0.0941. The fourth-order valence-electron chi connectivity index (χ4n) is 3.09. The number of nitrogens with one attached hydrogen (secondary N) is 1. The normalized spacial score (nSPS) is 15.9. The fraction of sp³-hybridized carbons (Fsp3) is 0.300. The number of hydrogen-bond donors (Lipinski definition) is 2. The van der Waals surface area contributed by atoms with Crippen LogP contribution in [0.15, 0.2) is 47.6 Å². The van der Waals surface area contributed by atoms with E-state index in [1.807, 2.05) is 24.3 Å². The third-order valence-electron chi connectivity index (χ3n) is 4.65. The van der Waals surface area contributed by atoms with Crippen LogP contribution < -0.4 is 5.43 Å². The third kappa shape index (κ3) is 5.70. The summed E-state index contributed by atoms with van der Waals surface area (Å²) in [5.41, 5.74) is 4.24. The quantitative estimate of drug-likeness (QED) is 0.582. The van der Waals surface area contributed by atoms with Crippen LogP contribution in [0.1, 0.15) is 24.0 Å². The second kappa shape index (κ2) is 9.22. The van der Waals surface area contributed by atoms with E-state index in [1.165, 1.54) is 17.8 Å². The number of hydrogen-bond acceptors (Lipinski definition) is 4. The van der Waals surface area contributed by atoms with Crippen LogP contribution in [-0.4, -0.2) is 35.2 Å². The second-order valence-corrected chi connectivity index (χ2v) is 7.49. The van der Waals surface area contributed by atoms with Crippen LogP contribution in [0.2, 0.25) is 10.0 Å². The van der Waals surface area contributed by atoms with E-state index in [-0.39, 0.29) is 17.6 Å². The van der Waals surface area contributed by atoms with Gasteiger partial charge in [0, 0.05) is 28.1 Å². The lowest BCUT2D eigenvalue weighted by atomic mass is 9.96. The van der Waals surface area contributed by atoms with Gasteiger partial charge in [-0.3, -0.25) is 9.69 Å². The highest BCUT2D eigenvalue weighted by Gasteiger charge is 2.24. The lowest BCUT2D eigenvalue weighted by molar-refractivity contribution is -0.126. The molecule has 1 aliphatic heterocycles. The van der Waals surface area contributed by atoms with Crippen LogP contribution in [0.3, 0.4) is 0 Å². The molecule has 27 heavy (non-hydrogen) atoms. The average molecular weight is 406 g/mol. The van der Waals surface area contributed by atoms with Gasteiger partial charge in [-0.2, -0.15) is 5.10 Å². The van der Waals surface area contributed by atoms with Crippen LogP contribution in [0.5, 0.6) is 5.75 Å². The van der Waals surface area contributed by atoms with E-state index in [0.29, 0.717) is 10.6 Å². The SMILES string of the molecule is O=C(N/N=C\c1cc(Cl)ccc1O)C1CCN(Cc2ccc(Cl)cc2)CC1.